The van der Waals surface area contributed by atoms with Crippen molar-refractivity contribution in [2.24, 2.45) is 0 Å². The summed E-state index contributed by atoms with van der Waals surface area (Å²) >= 11 is 0. The molecule has 1 amide bonds. The number of carbonyl (C=O) groups excluding carboxylic acids is 4. The first kappa shape index (κ1) is 33.1. The standard InChI is InChI=1S/C17H19OP.C16H19NO5/c1-12-10-13(2)16(14(3)11-12)17(18)19(4)15-8-6-5-7-9-15;1-5-14(19)21-6-7-22-16(20)17-15-11(3)8-10(2)13(9-18)12(15)4/h5-11H,1-4H3;5,8-9H,1,6-7H2,2-4H3,(H,17,20). The highest BCUT2D eigenvalue weighted by Crippen LogP contribution is 2.36. The molecular weight excluding hydrogens is 537 g/mol. The average molecular weight is 576 g/mol. The van der Waals surface area contributed by atoms with Crippen LogP contribution in [0.1, 0.15) is 54.1 Å². The van der Waals surface area contributed by atoms with E-state index in [-0.39, 0.29) is 18.7 Å². The molecule has 0 radical (unpaired) electrons. The van der Waals surface area contributed by atoms with Crippen molar-refractivity contribution in [3.63, 3.8) is 0 Å². The number of benzene rings is 3. The van der Waals surface area contributed by atoms with Crippen LogP contribution in [0, 0.1) is 41.5 Å². The summed E-state index contributed by atoms with van der Waals surface area (Å²) in [4.78, 5) is 46.4. The Morgan fingerprint density at radius 2 is 1.44 bits per heavy atom. The van der Waals surface area contributed by atoms with Crippen molar-refractivity contribution < 1.29 is 28.7 Å². The topological polar surface area (TPSA) is 98.8 Å². The molecule has 0 aromatic heterocycles. The summed E-state index contributed by atoms with van der Waals surface area (Å²) in [5.74, 6) is -0.579. The first-order valence-corrected chi connectivity index (χ1v) is 14.9. The molecule has 0 aliphatic carbocycles. The Hall–Kier alpha value is -4.09. The highest BCUT2D eigenvalue weighted by molar-refractivity contribution is 7.81. The van der Waals surface area contributed by atoms with Gasteiger partial charge in [-0.15, -0.1) is 0 Å². The third kappa shape index (κ3) is 9.22. The molecule has 1 N–H and O–H groups in total. The zero-order chi connectivity index (χ0) is 30.7. The molecule has 0 spiro atoms. The number of aryl methyl sites for hydroxylation is 5. The molecule has 216 valence electrons. The molecule has 0 aliphatic rings. The largest absolute Gasteiger partial charge is 0.459 e. The highest BCUT2D eigenvalue weighted by Gasteiger charge is 2.20. The Morgan fingerprint density at radius 1 is 0.854 bits per heavy atom. The minimum atomic E-state index is -0.794. The summed E-state index contributed by atoms with van der Waals surface area (Å²) < 4.78 is 9.59. The molecule has 0 bridgehead atoms. The molecule has 3 aromatic rings. The Bertz CT molecular complexity index is 1410. The second-order valence-corrected chi connectivity index (χ2v) is 11.7. The van der Waals surface area contributed by atoms with Crippen molar-refractivity contribution in [1.29, 1.82) is 0 Å². The van der Waals surface area contributed by atoms with Crippen molar-refractivity contribution in [3.05, 3.63) is 106 Å². The fraction of sp³-hybridized carbons (Fsp3) is 0.273. The van der Waals surface area contributed by atoms with E-state index in [0.717, 1.165) is 45.5 Å². The first-order chi connectivity index (χ1) is 19.4. The smallest absolute Gasteiger partial charge is 0.411 e. The van der Waals surface area contributed by atoms with E-state index >= 15 is 0 Å². The number of aldehydes is 1. The summed E-state index contributed by atoms with van der Waals surface area (Å²) in [7, 11) is -0.794. The van der Waals surface area contributed by atoms with Crippen LogP contribution >= 0.6 is 7.92 Å². The van der Waals surface area contributed by atoms with Crippen LogP contribution in [0.2, 0.25) is 0 Å². The van der Waals surface area contributed by atoms with Gasteiger partial charge in [-0.25, -0.2) is 9.59 Å². The predicted molar refractivity (Wildman–Crippen MR) is 166 cm³/mol. The Kier molecular flexibility index (Phi) is 12.6. The summed E-state index contributed by atoms with van der Waals surface area (Å²) in [6, 6.07) is 16.1. The van der Waals surface area contributed by atoms with E-state index in [4.69, 9.17) is 4.74 Å². The van der Waals surface area contributed by atoms with Gasteiger partial charge in [-0.3, -0.25) is 14.9 Å². The van der Waals surface area contributed by atoms with Gasteiger partial charge in [0.1, 0.15) is 13.2 Å². The number of esters is 1. The van der Waals surface area contributed by atoms with Crippen LogP contribution < -0.4 is 10.6 Å². The van der Waals surface area contributed by atoms with Gasteiger partial charge in [-0.1, -0.05) is 60.7 Å². The van der Waals surface area contributed by atoms with Crippen molar-refractivity contribution in [3.8, 4) is 0 Å². The third-order valence-electron chi connectivity index (χ3n) is 6.44. The van der Waals surface area contributed by atoms with Gasteiger partial charge in [0.25, 0.3) is 0 Å². The molecule has 0 fully saturated rings. The number of hydrogen-bond acceptors (Lipinski definition) is 6. The minimum absolute atomic E-state index is 0.0519. The van der Waals surface area contributed by atoms with E-state index in [1.54, 1.807) is 6.92 Å². The predicted octanol–water partition coefficient (Wildman–Crippen LogP) is 6.89. The second-order valence-electron chi connectivity index (χ2n) is 9.65. The van der Waals surface area contributed by atoms with Gasteiger partial charge < -0.3 is 9.47 Å². The van der Waals surface area contributed by atoms with E-state index in [9.17, 15) is 19.2 Å². The van der Waals surface area contributed by atoms with Gasteiger partial charge in [0, 0.05) is 17.2 Å². The van der Waals surface area contributed by atoms with E-state index in [1.165, 1.54) is 5.56 Å². The van der Waals surface area contributed by atoms with E-state index < -0.39 is 20.0 Å². The summed E-state index contributed by atoms with van der Waals surface area (Å²) in [5.41, 5.74) is 8.02. The van der Waals surface area contributed by atoms with Crippen molar-refractivity contribution in [2.75, 3.05) is 25.2 Å². The van der Waals surface area contributed by atoms with Gasteiger partial charge >= 0.3 is 12.1 Å². The molecule has 7 nitrogen and oxygen atoms in total. The van der Waals surface area contributed by atoms with Gasteiger partial charge in [0.2, 0.25) is 0 Å². The molecule has 0 saturated heterocycles. The van der Waals surface area contributed by atoms with Crippen LogP contribution in [0.4, 0.5) is 10.5 Å². The molecule has 0 heterocycles. The van der Waals surface area contributed by atoms with Crippen molar-refractivity contribution >= 4 is 42.8 Å². The minimum Gasteiger partial charge on any atom is -0.459 e. The van der Waals surface area contributed by atoms with Crippen LogP contribution in [0.5, 0.6) is 0 Å². The maximum atomic E-state index is 12.7. The lowest BCUT2D eigenvalue weighted by Crippen LogP contribution is -2.19. The van der Waals surface area contributed by atoms with Crippen LogP contribution in [-0.4, -0.2) is 43.8 Å². The number of anilines is 1. The molecule has 1 atom stereocenters. The molecule has 1 unspecified atom stereocenters. The van der Waals surface area contributed by atoms with E-state index in [2.05, 4.69) is 35.7 Å². The maximum Gasteiger partial charge on any atom is 0.411 e. The Labute approximate surface area is 243 Å². The lowest BCUT2D eigenvalue weighted by atomic mass is 9.98. The maximum absolute atomic E-state index is 12.7. The lowest BCUT2D eigenvalue weighted by Gasteiger charge is -2.15. The normalized spacial score (nSPS) is 10.9. The number of amides is 1. The molecule has 0 aliphatic heterocycles. The molecule has 3 aromatic carbocycles. The molecule has 41 heavy (non-hydrogen) atoms. The number of nitrogens with one attached hydrogen (secondary N) is 1. The van der Waals surface area contributed by atoms with Gasteiger partial charge in [0.15, 0.2) is 11.8 Å². The average Bonchev–Trinajstić information content (AvgIpc) is 2.93. The van der Waals surface area contributed by atoms with E-state index in [1.807, 2.05) is 70.8 Å². The number of hydrogen-bond donors (Lipinski definition) is 1. The van der Waals surface area contributed by atoms with Gasteiger partial charge in [0.05, 0.1) is 5.69 Å². The zero-order valence-corrected chi connectivity index (χ0v) is 25.7. The van der Waals surface area contributed by atoms with Crippen LogP contribution in [-0.2, 0) is 14.3 Å². The van der Waals surface area contributed by atoms with Crippen molar-refractivity contribution in [1.82, 2.24) is 0 Å². The third-order valence-corrected chi connectivity index (χ3v) is 8.35. The molecule has 0 saturated carbocycles. The Balaban J connectivity index is 0.000000289. The Morgan fingerprint density at radius 3 is 2.00 bits per heavy atom. The molecular formula is C33H38NO6P. The SMILES string of the molecule is C=CC(=O)OCCOC(=O)Nc1c(C)cc(C)c(C=O)c1C.Cc1cc(C)c(C(=O)P(C)c2ccccc2)c(C)c1. The summed E-state index contributed by atoms with van der Waals surface area (Å²) in [6.45, 7) is 16.7. The van der Waals surface area contributed by atoms with Gasteiger partial charge in [-0.2, -0.15) is 0 Å². The number of rotatable bonds is 9. The fourth-order valence-electron chi connectivity index (χ4n) is 4.50. The molecule has 3 rings (SSSR count). The zero-order valence-electron chi connectivity index (χ0n) is 24.8. The number of ether oxygens (including phenoxy) is 2. The second kappa shape index (κ2) is 15.6. The highest BCUT2D eigenvalue weighted by atomic mass is 31.1. The van der Waals surface area contributed by atoms with Crippen LogP contribution in [0.25, 0.3) is 0 Å². The van der Waals surface area contributed by atoms with Gasteiger partial charge in [-0.05, 0) is 89.3 Å². The van der Waals surface area contributed by atoms with Crippen molar-refractivity contribution in [2.45, 2.75) is 41.5 Å². The fourth-order valence-corrected chi connectivity index (χ4v) is 6.04. The quantitative estimate of drug-likeness (QED) is 0.0981. The van der Waals surface area contributed by atoms with E-state index in [0.29, 0.717) is 16.8 Å². The summed E-state index contributed by atoms with van der Waals surface area (Å²) in [6.07, 6.45) is 1.11. The summed E-state index contributed by atoms with van der Waals surface area (Å²) in [5, 5.41) is 3.74. The van der Waals surface area contributed by atoms with Crippen LogP contribution in [0.3, 0.4) is 0 Å². The number of carbonyl (C=O) groups is 4. The molecule has 8 heteroatoms. The lowest BCUT2D eigenvalue weighted by molar-refractivity contribution is -0.138. The first-order valence-electron chi connectivity index (χ1n) is 13.1. The monoisotopic (exact) mass is 575 g/mol. The van der Waals surface area contributed by atoms with Crippen LogP contribution in [0.15, 0.2) is 61.2 Å².